The Morgan fingerprint density at radius 2 is 2.20 bits per heavy atom. The lowest BCUT2D eigenvalue weighted by Crippen LogP contribution is -2.55. The van der Waals surface area contributed by atoms with Crippen molar-refractivity contribution in [2.45, 2.75) is 13.0 Å². The Hall–Kier alpha value is -2.08. The van der Waals surface area contributed by atoms with Crippen molar-refractivity contribution in [2.24, 2.45) is 0 Å². The van der Waals surface area contributed by atoms with Gasteiger partial charge in [-0.05, 0) is 19.1 Å². The SMILES string of the molecule is CNC(=O)C1COCCN1C(=O)c1cc(C)ccc1O. The van der Waals surface area contributed by atoms with Crippen molar-refractivity contribution in [3.63, 3.8) is 0 Å². The number of amides is 2. The summed E-state index contributed by atoms with van der Waals surface area (Å²) in [5.41, 5.74) is 1.08. The summed E-state index contributed by atoms with van der Waals surface area (Å²) in [5, 5.41) is 12.4. The molecule has 2 rings (SSSR count). The lowest BCUT2D eigenvalue weighted by molar-refractivity contribution is -0.130. The van der Waals surface area contributed by atoms with Crippen LogP contribution in [0, 0.1) is 6.92 Å². The van der Waals surface area contributed by atoms with Gasteiger partial charge in [-0.3, -0.25) is 9.59 Å². The molecule has 1 saturated heterocycles. The highest BCUT2D eigenvalue weighted by Crippen LogP contribution is 2.22. The molecule has 108 valence electrons. The van der Waals surface area contributed by atoms with Crippen molar-refractivity contribution in [1.29, 1.82) is 0 Å². The molecule has 2 amide bonds. The van der Waals surface area contributed by atoms with Crippen LogP contribution in [0.4, 0.5) is 0 Å². The van der Waals surface area contributed by atoms with Crippen molar-refractivity contribution >= 4 is 11.8 Å². The summed E-state index contributed by atoms with van der Waals surface area (Å²) >= 11 is 0. The van der Waals surface area contributed by atoms with Gasteiger partial charge < -0.3 is 20.1 Å². The molecule has 2 N–H and O–H groups in total. The summed E-state index contributed by atoms with van der Waals surface area (Å²) in [4.78, 5) is 25.8. The van der Waals surface area contributed by atoms with E-state index < -0.39 is 6.04 Å². The summed E-state index contributed by atoms with van der Waals surface area (Å²) in [6.07, 6.45) is 0. The van der Waals surface area contributed by atoms with Gasteiger partial charge in [0.2, 0.25) is 5.91 Å². The minimum Gasteiger partial charge on any atom is -0.507 e. The molecule has 20 heavy (non-hydrogen) atoms. The minimum absolute atomic E-state index is 0.0808. The topological polar surface area (TPSA) is 78.9 Å². The number of hydrogen-bond donors (Lipinski definition) is 2. The number of aromatic hydroxyl groups is 1. The zero-order chi connectivity index (χ0) is 14.7. The van der Waals surface area contributed by atoms with E-state index in [-0.39, 0.29) is 29.7 Å². The van der Waals surface area contributed by atoms with Crippen LogP contribution in [0.3, 0.4) is 0 Å². The maximum absolute atomic E-state index is 12.5. The number of carbonyl (C=O) groups is 2. The summed E-state index contributed by atoms with van der Waals surface area (Å²) < 4.78 is 5.26. The monoisotopic (exact) mass is 278 g/mol. The number of ether oxygens (including phenoxy) is 1. The van der Waals surface area contributed by atoms with Gasteiger partial charge in [0.15, 0.2) is 0 Å². The Bertz CT molecular complexity index is 530. The van der Waals surface area contributed by atoms with Crippen LogP contribution in [0.5, 0.6) is 5.75 Å². The molecule has 1 aromatic carbocycles. The van der Waals surface area contributed by atoms with Crippen molar-refractivity contribution in [2.75, 3.05) is 26.8 Å². The van der Waals surface area contributed by atoms with Crippen LogP contribution < -0.4 is 5.32 Å². The van der Waals surface area contributed by atoms with E-state index in [1.165, 1.54) is 18.0 Å². The minimum atomic E-state index is -0.666. The number of rotatable bonds is 2. The summed E-state index contributed by atoms with van der Waals surface area (Å²) in [6, 6.07) is 4.16. The zero-order valence-electron chi connectivity index (χ0n) is 11.5. The van der Waals surface area contributed by atoms with Gasteiger partial charge >= 0.3 is 0 Å². The maximum Gasteiger partial charge on any atom is 0.258 e. The number of nitrogens with one attached hydrogen (secondary N) is 1. The lowest BCUT2D eigenvalue weighted by atomic mass is 10.1. The van der Waals surface area contributed by atoms with Gasteiger partial charge in [0.05, 0.1) is 18.8 Å². The Morgan fingerprint density at radius 1 is 1.45 bits per heavy atom. The van der Waals surface area contributed by atoms with Crippen molar-refractivity contribution in [1.82, 2.24) is 10.2 Å². The van der Waals surface area contributed by atoms with E-state index in [1.54, 1.807) is 12.1 Å². The molecule has 0 aliphatic carbocycles. The van der Waals surface area contributed by atoms with Crippen LogP contribution in [-0.2, 0) is 9.53 Å². The van der Waals surface area contributed by atoms with Crippen molar-refractivity contribution in [3.8, 4) is 5.75 Å². The van der Waals surface area contributed by atoms with E-state index in [4.69, 9.17) is 4.74 Å². The number of nitrogens with zero attached hydrogens (tertiary/aromatic N) is 1. The molecule has 1 aromatic rings. The number of morpholine rings is 1. The fourth-order valence-corrected chi connectivity index (χ4v) is 2.21. The third kappa shape index (κ3) is 2.75. The third-order valence-corrected chi connectivity index (χ3v) is 3.32. The molecule has 0 aromatic heterocycles. The summed E-state index contributed by atoms with van der Waals surface area (Å²) in [5.74, 6) is -0.712. The molecule has 1 unspecified atom stereocenters. The van der Waals surface area contributed by atoms with E-state index in [2.05, 4.69) is 5.32 Å². The number of phenols is 1. The maximum atomic E-state index is 12.5. The highest BCUT2D eigenvalue weighted by molar-refractivity contribution is 5.99. The molecule has 0 spiro atoms. The molecular weight excluding hydrogens is 260 g/mol. The van der Waals surface area contributed by atoms with Gasteiger partial charge in [0.1, 0.15) is 11.8 Å². The molecule has 1 aliphatic heterocycles. The smallest absolute Gasteiger partial charge is 0.258 e. The van der Waals surface area contributed by atoms with Gasteiger partial charge in [-0.15, -0.1) is 0 Å². The van der Waals surface area contributed by atoms with Crippen LogP contribution in [0.2, 0.25) is 0 Å². The van der Waals surface area contributed by atoms with Gasteiger partial charge in [-0.25, -0.2) is 0 Å². The molecule has 0 bridgehead atoms. The molecular formula is C14H18N2O4. The average molecular weight is 278 g/mol. The first-order valence-corrected chi connectivity index (χ1v) is 6.44. The molecule has 1 atom stereocenters. The molecule has 0 radical (unpaired) electrons. The van der Waals surface area contributed by atoms with Crippen LogP contribution in [0.15, 0.2) is 18.2 Å². The Morgan fingerprint density at radius 3 is 2.90 bits per heavy atom. The van der Waals surface area contributed by atoms with Crippen LogP contribution in [0.1, 0.15) is 15.9 Å². The first-order chi connectivity index (χ1) is 9.54. The Labute approximate surface area is 117 Å². The summed E-state index contributed by atoms with van der Waals surface area (Å²) in [7, 11) is 1.52. The first-order valence-electron chi connectivity index (χ1n) is 6.44. The number of hydrogen-bond acceptors (Lipinski definition) is 4. The molecule has 1 heterocycles. The second-order valence-electron chi connectivity index (χ2n) is 4.72. The van der Waals surface area contributed by atoms with Gasteiger partial charge in [0, 0.05) is 13.6 Å². The number of phenolic OH excluding ortho intramolecular Hbond substituents is 1. The predicted molar refractivity (Wildman–Crippen MR) is 72.6 cm³/mol. The highest BCUT2D eigenvalue weighted by atomic mass is 16.5. The molecule has 1 aliphatic rings. The average Bonchev–Trinajstić information content (AvgIpc) is 2.48. The second kappa shape index (κ2) is 5.92. The highest BCUT2D eigenvalue weighted by Gasteiger charge is 2.33. The second-order valence-corrected chi connectivity index (χ2v) is 4.72. The summed E-state index contributed by atoms with van der Waals surface area (Å²) in [6.45, 7) is 2.71. The molecule has 0 saturated carbocycles. The molecule has 1 fully saturated rings. The van der Waals surface area contributed by atoms with Crippen LogP contribution >= 0.6 is 0 Å². The third-order valence-electron chi connectivity index (χ3n) is 3.32. The quantitative estimate of drug-likeness (QED) is 0.815. The largest absolute Gasteiger partial charge is 0.507 e. The van der Waals surface area contributed by atoms with E-state index in [0.717, 1.165) is 5.56 Å². The van der Waals surface area contributed by atoms with Gasteiger partial charge in [-0.1, -0.05) is 11.6 Å². The Kier molecular flexibility index (Phi) is 4.24. The van der Waals surface area contributed by atoms with Crippen LogP contribution in [-0.4, -0.2) is 54.7 Å². The standard InChI is InChI=1S/C14H18N2O4/c1-9-3-4-12(17)10(7-9)14(19)16-5-6-20-8-11(16)13(18)15-2/h3-4,7,11,17H,5-6,8H2,1-2H3,(H,15,18). The van der Waals surface area contributed by atoms with E-state index in [9.17, 15) is 14.7 Å². The Balaban J connectivity index is 2.30. The van der Waals surface area contributed by atoms with E-state index >= 15 is 0 Å². The number of aryl methyl sites for hydroxylation is 1. The van der Waals surface area contributed by atoms with Crippen molar-refractivity contribution < 1.29 is 19.4 Å². The van der Waals surface area contributed by atoms with E-state index in [1.807, 2.05) is 6.92 Å². The predicted octanol–water partition coefficient (Wildman–Crippen LogP) is 0.288. The fraction of sp³-hybridized carbons (Fsp3) is 0.429. The first kappa shape index (κ1) is 14.3. The van der Waals surface area contributed by atoms with Gasteiger partial charge in [-0.2, -0.15) is 0 Å². The number of benzene rings is 1. The number of likely N-dealkylation sites (N-methyl/N-ethyl adjacent to an activating group) is 1. The van der Waals surface area contributed by atoms with Gasteiger partial charge in [0.25, 0.3) is 5.91 Å². The molecule has 6 heteroatoms. The lowest BCUT2D eigenvalue weighted by Gasteiger charge is -2.34. The van der Waals surface area contributed by atoms with E-state index in [0.29, 0.717) is 13.2 Å². The fourth-order valence-electron chi connectivity index (χ4n) is 2.21. The zero-order valence-corrected chi connectivity index (χ0v) is 11.5. The van der Waals surface area contributed by atoms with Crippen molar-refractivity contribution in [3.05, 3.63) is 29.3 Å². The number of carbonyl (C=O) groups excluding carboxylic acids is 2. The molecule has 6 nitrogen and oxygen atoms in total. The van der Waals surface area contributed by atoms with Crippen LogP contribution in [0.25, 0.3) is 0 Å². The normalized spacial score (nSPS) is 18.7.